The van der Waals surface area contributed by atoms with Crippen molar-refractivity contribution in [2.45, 2.75) is 19.5 Å². The van der Waals surface area contributed by atoms with Gasteiger partial charge >= 0.3 is 0 Å². The Morgan fingerprint density at radius 3 is 2.53 bits per heavy atom. The molecule has 1 amide bonds. The Hall–Kier alpha value is -3.31. The van der Waals surface area contributed by atoms with E-state index in [1.165, 1.54) is 5.56 Å². The first kappa shape index (κ1) is 20.0. The van der Waals surface area contributed by atoms with E-state index in [0.717, 1.165) is 29.8 Å². The van der Waals surface area contributed by atoms with Crippen molar-refractivity contribution in [3.63, 3.8) is 0 Å². The summed E-state index contributed by atoms with van der Waals surface area (Å²) >= 11 is 6.06. The summed E-state index contributed by atoms with van der Waals surface area (Å²) < 4.78 is 7.67. The molecule has 0 bridgehead atoms. The van der Waals surface area contributed by atoms with Crippen LogP contribution in [0.3, 0.4) is 0 Å². The minimum atomic E-state index is -0.225. The lowest BCUT2D eigenvalue weighted by Gasteiger charge is -2.11. The van der Waals surface area contributed by atoms with Gasteiger partial charge in [-0.1, -0.05) is 66.2 Å². The predicted molar refractivity (Wildman–Crippen MR) is 119 cm³/mol. The topological polar surface area (TPSA) is 56.1 Å². The summed E-state index contributed by atoms with van der Waals surface area (Å²) in [6.45, 7) is 1.01. The van der Waals surface area contributed by atoms with E-state index >= 15 is 0 Å². The third kappa shape index (κ3) is 4.81. The maximum atomic E-state index is 12.3. The van der Waals surface area contributed by atoms with Crippen molar-refractivity contribution >= 4 is 28.5 Å². The highest BCUT2D eigenvalue weighted by atomic mass is 35.5. The molecule has 0 aliphatic rings. The Bertz CT molecular complexity index is 1140. The molecule has 3 aromatic carbocycles. The van der Waals surface area contributed by atoms with Crippen LogP contribution in [0.1, 0.15) is 11.4 Å². The number of fused-ring (bicyclic) bond motifs is 1. The molecule has 0 atom stereocenters. The zero-order valence-electron chi connectivity index (χ0n) is 16.4. The Morgan fingerprint density at radius 2 is 1.70 bits per heavy atom. The van der Waals surface area contributed by atoms with E-state index in [1.54, 1.807) is 12.1 Å². The number of halogens is 1. The average Bonchev–Trinajstić information content (AvgIpc) is 3.14. The molecule has 1 aromatic heterocycles. The Labute approximate surface area is 180 Å². The van der Waals surface area contributed by atoms with E-state index in [2.05, 4.69) is 28.1 Å². The number of carbonyl (C=O) groups excluding carboxylic acids is 1. The average molecular weight is 420 g/mol. The number of aromatic nitrogens is 2. The molecule has 4 aromatic rings. The number of amides is 1. The number of aryl methyl sites for hydroxylation is 2. The second-order valence-corrected chi connectivity index (χ2v) is 7.31. The standard InChI is InChI=1S/C24H22ClN3O2/c25-19-10-4-7-13-22(19)30-17-24(29)26-16-23-27-20-11-5-6-12-21(20)28(23)15-14-18-8-2-1-3-9-18/h1-13H,14-17H2,(H,26,29). The highest BCUT2D eigenvalue weighted by molar-refractivity contribution is 6.32. The second-order valence-electron chi connectivity index (χ2n) is 6.90. The Balaban J connectivity index is 1.42. The number of ether oxygens (including phenoxy) is 1. The lowest BCUT2D eigenvalue weighted by molar-refractivity contribution is -0.123. The fourth-order valence-corrected chi connectivity index (χ4v) is 3.52. The molecular formula is C24H22ClN3O2. The maximum absolute atomic E-state index is 12.3. The van der Waals surface area contributed by atoms with Crippen molar-refractivity contribution < 1.29 is 9.53 Å². The molecule has 4 rings (SSSR count). The molecule has 0 saturated heterocycles. The van der Waals surface area contributed by atoms with Gasteiger partial charge in [0.1, 0.15) is 11.6 Å². The largest absolute Gasteiger partial charge is 0.482 e. The third-order valence-corrected chi connectivity index (χ3v) is 5.15. The molecule has 0 fully saturated rings. The summed E-state index contributed by atoms with van der Waals surface area (Å²) in [5, 5.41) is 3.38. The monoisotopic (exact) mass is 419 g/mol. The van der Waals surface area contributed by atoms with Crippen LogP contribution in [0.25, 0.3) is 11.0 Å². The summed E-state index contributed by atoms with van der Waals surface area (Å²) in [7, 11) is 0. The normalized spacial score (nSPS) is 10.8. The molecular weight excluding hydrogens is 398 g/mol. The third-order valence-electron chi connectivity index (χ3n) is 4.84. The molecule has 0 aliphatic carbocycles. The van der Waals surface area contributed by atoms with Crippen molar-refractivity contribution in [2.24, 2.45) is 0 Å². The summed E-state index contributed by atoms with van der Waals surface area (Å²) in [6, 6.07) is 25.4. The molecule has 5 nitrogen and oxygen atoms in total. The minimum absolute atomic E-state index is 0.103. The van der Waals surface area contributed by atoms with Gasteiger partial charge in [-0.2, -0.15) is 0 Å². The van der Waals surface area contributed by atoms with Crippen LogP contribution < -0.4 is 10.1 Å². The molecule has 0 aliphatic heterocycles. The van der Waals surface area contributed by atoms with Gasteiger partial charge in [0.25, 0.3) is 5.91 Å². The summed E-state index contributed by atoms with van der Waals surface area (Å²) in [5.74, 6) is 1.08. The van der Waals surface area contributed by atoms with E-state index in [-0.39, 0.29) is 12.5 Å². The molecule has 0 spiro atoms. The van der Waals surface area contributed by atoms with Gasteiger partial charge in [-0.05, 0) is 36.2 Å². The quantitative estimate of drug-likeness (QED) is 0.453. The number of benzene rings is 3. The molecule has 30 heavy (non-hydrogen) atoms. The van der Waals surface area contributed by atoms with Crippen LogP contribution >= 0.6 is 11.6 Å². The lowest BCUT2D eigenvalue weighted by atomic mass is 10.1. The van der Waals surface area contributed by atoms with Crippen LogP contribution in [-0.2, 0) is 24.3 Å². The molecule has 1 heterocycles. The van der Waals surface area contributed by atoms with Crippen LogP contribution in [0.2, 0.25) is 5.02 Å². The highest BCUT2D eigenvalue weighted by Gasteiger charge is 2.12. The zero-order chi connectivity index (χ0) is 20.8. The van der Waals surface area contributed by atoms with Crippen LogP contribution in [0, 0.1) is 0 Å². The predicted octanol–water partition coefficient (Wildman–Crippen LogP) is 4.63. The second kappa shape index (κ2) is 9.46. The van der Waals surface area contributed by atoms with Crippen LogP contribution in [0.5, 0.6) is 5.75 Å². The van der Waals surface area contributed by atoms with Gasteiger partial charge in [0.15, 0.2) is 6.61 Å². The molecule has 0 unspecified atom stereocenters. The van der Waals surface area contributed by atoms with Gasteiger partial charge in [0, 0.05) is 6.54 Å². The number of para-hydroxylation sites is 3. The number of nitrogens with zero attached hydrogens (tertiary/aromatic N) is 2. The van der Waals surface area contributed by atoms with Crippen LogP contribution in [0.15, 0.2) is 78.9 Å². The fourth-order valence-electron chi connectivity index (χ4n) is 3.33. The van der Waals surface area contributed by atoms with Gasteiger partial charge in [-0.15, -0.1) is 0 Å². The Morgan fingerprint density at radius 1 is 0.967 bits per heavy atom. The van der Waals surface area contributed by atoms with Crippen LogP contribution in [0.4, 0.5) is 0 Å². The van der Waals surface area contributed by atoms with E-state index < -0.39 is 0 Å². The molecule has 6 heteroatoms. The van der Waals surface area contributed by atoms with Gasteiger partial charge < -0.3 is 14.6 Å². The molecule has 0 saturated carbocycles. The van der Waals surface area contributed by atoms with Crippen molar-refractivity contribution in [1.29, 1.82) is 0 Å². The van der Waals surface area contributed by atoms with E-state index in [9.17, 15) is 4.79 Å². The van der Waals surface area contributed by atoms with Crippen LogP contribution in [-0.4, -0.2) is 22.1 Å². The number of imidazole rings is 1. The van der Waals surface area contributed by atoms with Gasteiger partial charge in [0.05, 0.1) is 22.6 Å². The summed E-state index contributed by atoms with van der Waals surface area (Å²) in [4.78, 5) is 17.0. The Kier molecular flexibility index (Phi) is 6.30. The minimum Gasteiger partial charge on any atom is -0.482 e. The lowest BCUT2D eigenvalue weighted by Crippen LogP contribution is -2.29. The van der Waals surface area contributed by atoms with Crippen molar-refractivity contribution in [2.75, 3.05) is 6.61 Å². The van der Waals surface area contributed by atoms with E-state index in [0.29, 0.717) is 17.3 Å². The number of nitrogens with one attached hydrogen (secondary N) is 1. The fraction of sp³-hybridized carbons (Fsp3) is 0.167. The number of carbonyl (C=O) groups is 1. The van der Waals surface area contributed by atoms with Crippen molar-refractivity contribution in [1.82, 2.24) is 14.9 Å². The zero-order valence-corrected chi connectivity index (χ0v) is 17.2. The molecule has 0 radical (unpaired) electrons. The highest BCUT2D eigenvalue weighted by Crippen LogP contribution is 2.23. The number of hydrogen-bond donors (Lipinski definition) is 1. The first-order chi connectivity index (χ1) is 14.7. The van der Waals surface area contributed by atoms with Gasteiger partial charge in [-0.3, -0.25) is 4.79 Å². The number of rotatable bonds is 8. The van der Waals surface area contributed by atoms with Crippen molar-refractivity contribution in [3.05, 3.63) is 95.3 Å². The smallest absolute Gasteiger partial charge is 0.258 e. The van der Waals surface area contributed by atoms with E-state index in [1.807, 2.05) is 48.5 Å². The molecule has 152 valence electrons. The summed E-state index contributed by atoms with van der Waals surface area (Å²) in [5.41, 5.74) is 3.24. The molecule has 1 N–H and O–H groups in total. The van der Waals surface area contributed by atoms with Gasteiger partial charge in [0.2, 0.25) is 0 Å². The number of hydrogen-bond acceptors (Lipinski definition) is 3. The van der Waals surface area contributed by atoms with E-state index in [4.69, 9.17) is 21.3 Å². The van der Waals surface area contributed by atoms with Crippen molar-refractivity contribution in [3.8, 4) is 5.75 Å². The first-order valence-corrected chi connectivity index (χ1v) is 10.2. The first-order valence-electron chi connectivity index (χ1n) is 9.83. The maximum Gasteiger partial charge on any atom is 0.258 e. The van der Waals surface area contributed by atoms with Gasteiger partial charge in [-0.25, -0.2) is 4.98 Å². The summed E-state index contributed by atoms with van der Waals surface area (Å²) in [6.07, 6.45) is 0.887. The SMILES string of the molecule is O=C(COc1ccccc1Cl)NCc1nc2ccccc2n1CCc1ccccc1.